The zero-order chi connectivity index (χ0) is 32.6. The predicted octanol–water partition coefficient (Wildman–Crippen LogP) is -1.91. The molecule has 1 aromatic heterocycles. The van der Waals surface area contributed by atoms with Crippen LogP contribution in [0.1, 0.15) is 6.92 Å². The van der Waals surface area contributed by atoms with Crippen LogP contribution in [0.25, 0.3) is 22.3 Å². The number of carbonyl (C=O) groups is 1. The lowest BCUT2D eigenvalue weighted by Gasteiger charge is -2.39. The van der Waals surface area contributed by atoms with Gasteiger partial charge in [0, 0.05) is 30.7 Å². The minimum absolute atomic E-state index is 0.0670. The molecule has 244 valence electrons. The van der Waals surface area contributed by atoms with Gasteiger partial charge < -0.3 is 69.0 Å². The van der Waals surface area contributed by atoms with E-state index in [1.165, 1.54) is 30.3 Å². The molecule has 5 rings (SSSR count). The molecule has 2 aromatic carbocycles. The first-order valence-electron chi connectivity index (χ1n) is 13.8. The summed E-state index contributed by atoms with van der Waals surface area (Å²) >= 11 is 0. The minimum Gasteiger partial charge on any atom is -0.507 e. The minimum atomic E-state index is -1.74. The smallest absolute Gasteiger partial charge is 0.302 e. The Kier molecular flexibility index (Phi) is 9.59. The molecule has 8 N–H and O–H groups in total. The monoisotopic (exact) mass is 636 g/mol. The van der Waals surface area contributed by atoms with E-state index >= 15 is 0 Å². The van der Waals surface area contributed by atoms with Crippen LogP contribution in [0.5, 0.6) is 17.2 Å². The summed E-state index contributed by atoms with van der Waals surface area (Å²) in [5.74, 6) is -1.08. The summed E-state index contributed by atoms with van der Waals surface area (Å²) < 4.78 is 32.7. The number of phenols is 1. The first-order valence-corrected chi connectivity index (χ1v) is 13.8. The molecule has 0 bridgehead atoms. The number of phenolic OH excluding ortho intramolecular Hbond substituents is 1. The van der Waals surface area contributed by atoms with Gasteiger partial charge >= 0.3 is 5.97 Å². The van der Waals surface area contributed by atoms with Crippen molar-refractivity contribution in [3.63, 3.8) is 0 Å². The molecule has 16 heteroatoms. The van der Waals surface area contributed by atoms with Gasteiger partial charge in [-0.2, -0.15) is 0 Å². The van der Waals surface area contributed by atoms with Gasteiger partial charge in [0.25, 0.3) is 0 Å². The molecule has 16 nitrogen and oxygen atoms in total. The Morgan fingerprint density at radius 3 is 1.96 bits per heavy atom. The lowest BCUT2D eigenvalue weighted by atomic mass is 9.99. The number of hydrogen-bond acceptors (Lipinski definition) is 16. The Morgan fingerprint density at radius 1 is 0.778 bits per heavy atom. The van der Waals surface area contributed by atoms with Crippen molar-refractivity contribution in [3.8, 4) is 28.6 Å². The van der Waals surface area contributed by atoms with Crippen LogP contribution in [0.2, 0.25) is 0 Å². The third kappa shape index (κ3) is 6.74. The molecule has 45 heavy (non-hydrogen) atoms. The van der Waals surface area contributed by atoms with E-state index in [1.54, 1.807) is 0 Å². The first-order chi connectivity index (χ1) is 21.4. The van der Waals surface area contributed by atoms with Crippen molar-refractivity contribution in [2.45, 2.75) is 68.3 Å². The average molecular weight is 637 g/mol. The van der Waals surface area contributed by atoms with E-state index in [4.69, 9.17) is 28.1 Å². The molecule has 2 aliphatic rings. The number of aliphatic hydroxyl groups is 7. The molecule has 0 radical (unpaired) electrons. The maximum absolute atomic E-state index is 12.9. The van der Waals surface area contributed by atoms with Gasteiger partial charge in [-0.15, -0.1) is 0 Å². The highest BCUT2D eigenvalue weighted by Crippen LogP contribution is 2.34. The number of benzene rings is 2. The number of esters is 1. The quantitative estimate of drug-likeness (QED) is 0.126. The van der Waals surface area contributed by atoms with Crippen LogP contribution < -0.4 is 14.9 Å². The van der Waals surface area contributed by atoms with Gasteiger partial charge in [-0.3, -0.25) is 9.59 Å². The summed E-state index contributed by atoms with van der Waals surface area (Å²) in [5, 5.41) is 80.7. The first kappa shape index (κ1) is 32.6. The van der Waals surface area contributed by atoms with Gasteiger partial charge in [-0.05, 0) is 24.3 Å². The van der Waals surface area contributed by atoms with Crippen molar-refractivity contribution in [3.05, 3.63) is 52.7 Å². The van der Waals surface area contributed by atoms with E-state index in [0.717, 1.165) is 19.1 Å². The molecular weight excluding hydrogens is 604 g/mol. The third-order valence-corrected chi connectivity index (χ3v) is 7.39. The second kappa shape index (κ2) is 13.3. The molecule has 2 fully saturated rings. The normalized spacial score (nSPS) is 31.8. The maximum Gasteiger partial charge on any atom is 0.302 e. The van der Waals surface area contributed by atoms with E-state index in [1.807, 2.05) is 0 Å². The molecule has 0 spiro atoms. The molecule has 2 saturated heterocycles. The number of ether oxygens (including phenoxy) is 5. The highest BCUT2D eigenvalue weighted by Gasteiger charge is 2.46. The second-order valence-corrected chi connectivity index (χ2v) is 10.6. The molecule has 3 aromatic rings. The van der Waals surface area contributed by atoms with E-state index < -0.39 is 91.8 Å². The fourth-order valence-electron chi connectivity index (χ4n) is 4.94. The molecule has 0 amide bonds. The Labute approximate surface area is 253 Å². The number of aliphatic hydroxyl groups excluding tert-OH is 7. The predicted molar refractivity (Wildman–Crippen MR) is 148 cm³/mol. The fourth-order valence-corrected chi connectivity index (χ4v) is 4.94. The van der Waals surface area contributed by atoms with Crippen LogP contribution in [0.4, 0.5) is 0 Å². The Hall–Kier alpha value is -3.84. The van der Waals surface area contributed by atoms with Gasteiger partial charge in [0.2, 0.25) is 12.6 Å². The molecule has 2 aliphatic heterocycles. The number of fused-ring (bicyclic) bond motifs is 1. The summed E-state index contributed by atoms with van der Waals surface area (Å²) in [4.78, 5) is 24.1. The van der Waals surface area contributed by atoms with E-state index in [0.29, 0.717) is 5.56 Å². The van der Waals surface area contributed by atoms with Crippen LogP contribution >= 0.6 is 0 Å². The second-order valence-electron chi connectivity index (χ2n) is 10.6. The maximum atomic E-state index is 12.9. The number of rotatable bonds is 8. The zero-order valence-corrected chi connectivity index (χ0v) is 23.6. The highest BCUT2D eigenvalue weighted by atomic mass is 16.7. The van der Waals surface area contributed by atoms with Crippen molar-refractivity contribution in [2.75, 3.05) is 13.2 Å². The molecule has 3 heterocycles. The van der Waals surface area contributed by atoms with Crippen molar-refractivity contribution < 1.29 is 73.7 Å². The Morgan fingerprint density at radius 2 is 1.36 bits per heavy atom. The largest absolute Gasteiger partial charge is 0.507 e. The van der Waals surface area contributed by atoms with E-state index in [2.05, 4.69) is 0 Å². The van der Waals surface area contributed by atoms with E-state index in [9.17, 15) is 50.4 Å². The molecule has 0 aliphatic carbocycles. The van der Waals surface area contributed by atoms with E-state index in [-0.39, 0.29) is 28.2 Å². The lowest BCUT2D eigenvalue weighted by Crippen LogP contribution is -2.60. The molecule has 10 atom stereocenters. The Balaban J connectivity index is 1.36. The summed E-state index contributed by atoms with van der Waals surface area (Å²) in [6, 6.07) is 9.36. The number of carbonyl (C=O) groups excluding carboxylic acids is 1. The summed E-state index contributed by atoms with van der Waals surface area (Å²) in [6.07, 6.45) is -15.2. The van der Waals surface area contributed by atoms with Crippen LogP contribution in [-0.2, 0) is 19.0 Å². The Bertz CT molecular complexity index is 1550. The van der Waals surface area contributed by atoms with Gasteiger partial charge in [0.05, 0.1) is 6.61 Å². The summed E-state index contributed by atoms with van der Waals surface area (Å²) in [6.45, 7) is 0.0809. The zero-order valence-electron chi connectivity index (χ0n) is 23.6. The average Bonchev–Trinajstić information content (AvgIpc) is 3.00. The third-order valence-electron chi connectivity index (χ3n) is 7.39. The SMILES string of the molecule is CC(=O)OC[C@H]1O[C@@H](Oc2cc(O)c3c(=O)cc(-c4ccc(O[C@@H]5O[C@H](CO)[C@@H](O)[C@@H](O)[C@H]5O)cc4)oc3c2)[C@H](O)[C@@H](O)[C@@H]1O. The van der Waals surface area contributed by atoms with Gasteiger partial charge in [-0.25, -0.2) is 0 Å². The van der Waals surface area contributed by atoms with Gasteiger partial charge in [-0.1, -0.05) is 0 Å². The van der Waals surface area contributed by atoms with Gasteiger partial charge in [0.15, 0.2) is 5.43 Å². The van der Waals surface area contributed by atoms with Crippen LogP contribution in [-0.4, -0.2) is 121 Å². The van der Waals surface area contributed by atoms with Crippen molar-refractivity contribution >= 4 is 16.9 Å². The fraction of sp³-hybridized carbons (Fsp3) is 0.448. The topological polar surface area (TPSA) is 255 Å². The van der Waals surface area contributed by atoms with Crippen LogP contribution in [0, 0.1) is 0 Å². The van der Waals surface area contributed by atoms with Crippen LogP contribution in [0.3, 0.4) is 0 Å². The van der Waals surface area contributed by atoms with Crippen molar-refractivity contribution in [1.29, 1.82) is 0 Å². The van der Waals surface area contributed by atoms with Crippen molar-refractivity contribution in [1.82, 2.24) is 0 Å². The number of aromatic hydroxyl groups is 1. The highest BCUT2D eigenvalue weighted by molar-refractivity contribution is 5.86. The van der Waals surface area contributed by atoms with Crippen LogP contribution in [0.15, 0.2) is 51.7 Å². The molecule has 0 unspecified atom stereocenters. The van der Waals surface area contributed by atoms with Crippen molar-refractivity contribution in [2.24, 2.45) is 0 Å². The number of hydrogen-bond donors (Lipinski definition) is 8. The molecular formula is C29H32O16. The van der Waals surface area contributed by atoms with Gasteiger partial charge in [0.1, 0.15) is 89.4 Å². The lowest BCUT2D eigenvalue weighted by molar-refractivity contribution is -0.278. The summed E-state index contributed by atoms with van der Waals surface area (Å²) in [5.41, 5.74) is -0.334. The molecule has 0 saturated carbocycles. The summed E-state index contributed by atoms with van der Waals surface area (Å²) in [7, 11) is 0. The standard InChI is InChI=1S/C29H32O16/c1-11(31)40-10-20-23(35)25(37)27(39)29(45-20)42-14-6-15(32)21-16(33)8-17(43-18(21)7-14)12-2-4-13(5-3-12)41-28-26(38)24(36)22(34)19(9-30)44-28/h2-8,19-20,22-30,32,34-39H,9-10H2,1H3/t19-,20-,22-,23-,24-,25+,26-,27-,28-,29-/m1/s1.